The van der Waals surface area contributed by atoms with Crippen LogP contribution in [0.4, 0.5) is 0 Å². The fraction of sp³-hybridized carbons (Fsp3) is 0.556. The van der Waals surface area contributed by atoms with Gasteiger partial charge in [-0.3, -0.25) is 9.59 Å². The number of likely N-dealkylation sites (tertiary alicyclic amines) is 1. The summed E-state index contributed by atoms with van der Waals surface area (Å²) in [4.78, 5) is 25.2. The van der Waals surface area contributed by atoms with Crippen LogP contribution in [0.15, 0.2) is 18.2 Å². The lowest BCUT2D eigenvalue weighted by Crippen LogP contribution is -2.33. The second-order valence-electron chi connectivity index (χ2n) is 6.26. The zero-order valence-corrected chi connectivity index (χ0v) is 13.9. The van der Waals surface area contributed by atoms with Crippen molar-refractivity contribution < 1.29 is 19.4 Å². The van der Waals surface area contributed by atoms with Crippen LogP contribution in [0.5, 0.6) is 5.75 Å². The Kier molecular flexibility index (Phi) is 6.02. The number of rotatable bonds is 5. The normalized spacial score (nSPS) is 18.3. The van der Waals surface area contributed by atoms with Gasteiger partial charge in [0, 0.05) is 19.5 Å². The summed E-state index contributed by atoms with van der Waals surface area (Å²) < 4.78 is 5.30. The predicted octanol–water partition coefficient (Wildman–Crippen LogP) is 2.65. The van der Waals surface area contributed by atoms with Crippen LogP contribution in [0.2, 0.25) is 0 Å². The number of carboxylic acids is 1. The van der Waals surface area contributed by atoms with E-state index in [9.17, 15) is 9.59 Å². The van der Waals surface area contributed by atoms with E-state index in [2.05, 4.69) is 0 Å². The number of hydrogen-bond donors (Lipinski definition) is 1. The van der Waals surface area contributed by atoms with Crippen LogP contribution in [0, 0.1) is 12.8 Å². The van der Waals surface area contributed by atoms with Crippen molar-refractivity contribution in [1.82, 2.24) is 4.90 Å². The Balaban J connectivity index is 1.94. The van der Waals surface area contributed by atoms with E-state index >= 15 is 0 Å². The van der Waals surface area contributed by atoms with E-state index in [1.165, 1.54) is 0 Å². The van der Waals surface area contributed by atoms with E-state index < -0.39 is 5.97 Å². The van der Waals surface area contributed by atoms with Gasteiger partial charge in [-0.1, -0.05) is 12.1 Å². The molecule has 0 saturated carbocycles. The molecule has 1 heterocycles. The predicted molar refractivity (Wildman–Crippen MR) is 87.6 cm³/mol. The second-order valence-corrected chi connectivity index (χ2v) is 6.26. The Labute approximate surface area is 137 Å². The van der Waals surface area contributed by atoms with Gasteiger partial charge in [0.25, 0.3) is 0 Å². The van der Waals surface area contributed by atoms with Crippen molar-refractivity contribution in [2.45, 2.75) is 39.0 Å². The van der Waals surface area contributed by atoms with Gasteiger partial charge in [0.2, 0.25) is 5.91 Å². The number of aryl methyl sites for hydroxylation is 1. The first-order valence-corrected chi connectivity index (χ1v) is 8.12. The number of hydrogen-bond acceptors (Lipinski definition) is 3. The molecular formula is C18H25NO4. The third-order valence-corrected chi connectivity index (χ3v) is 4.49. The lowest BCUT2D eigenvalue weighted by Gasteiger charge is -2.21. The molecule has 1 aliphatic heterocycles. The molecule has 0 spiro atoms. The van der Waals surface area contributed by atoms with E-state index in [0.717, 1.165) is 42.7 Å². The topological polar surface area (TPSA) is 66.8 Å². The van der Waals surface area contributed by atoms with E-state index in [1.54, 1.807) is 7.11 Å². The number of carbonyl (C=O) groups excluding carboxylic acids is 1. The zero-order valence-electron chi connectivity index (χ0n) is 13.9. The van der Waals surface area contributed by atoms with Crippen molar-refractivity contribution in [3.05, 3.63) is 29.3 Å². The van der Waals surface area contributed by atoms with Crippen LogP contribution in [-0.2, 0) is 16.0 Å². The largest absolute Gasteiger partial charge is 0.496 e. The molecule has 0 aliphatic carbocycles. The van der Waals surface area contributed by atoms with Gasteiger partial charge in [-0.15, -0.1) is 0 Å². The summed E-state index contributed by atoms with van der Waals surface area (Å²) in [6, 6.07) is 5.84. The van der Waals surface area contributed by atoms with Gasteiger partial charge in [0.05, 0.1) is 13.5 Å². The molecule has 5 heteroatoms. The summed E-state index contributed by atoms with van der Waals surface area (Å²) in [5.41, 5.74) is 2.00. The van der Waals surface area contributed by atoms with E-state index in [1.807, 2.05) is 30.0 Å². The molecule has 1 aliphatic rings. The minimum absolute atomic E-state index is 0.104. The molecule has 126 valence electrons. The molecule has 1 amide bonds. The highest BCUT2D eigenvalue weighted by atomic mass is 16.5. The van der Waals surface area contributed by atoms with Crippen LogP contribution in [0.3, 0.4) is 0 Å². The van der Waals surface area contributed by atoms with Crippen LogP contribution in [0.25, 0.3) is 0 Å². The van der Waals surface area contributed by atoms with Gasteiger partial charge in [-0.25, -0.2) is 0 Å². The summed E-state index contributed by atoms with van der Waals surface area (Å²) in [6.07, 6.45) is 3.10. The molecule has 1 N–H and O–H groups in total. The Morgan fingerprint density at radius 3 is 2.78 bits per heavy atom. The molecule has 5 nitrogen and oxygen atoms in total. The number of carbonyl (C=O) groups is 2. The maximum Gasteiger partial charge on any atom is 0.303 e. The first-order chi connectivity index (χ1) is 11.0. The lowest BCUT2D eigenvalue weighted by molar-refractivity contribution is -0.138. The SMILES string of the molecule is COc1cc(CC(=O)N2CCCC(CC(=O)O)CC2)ccc1C. The summed E-state index contributed by atoms with van der Waals surface area (Å²) in [6.45, 7) is 3.35. The Hall–Kier alpha value is -2.04. The first-order valence-electron chi connectivity index (χ1n) is 8.12. The Bertz CT molecular complexity index is 570. The molecule has 0 aromatic heterocycles. The minimum Gasteiger partial charge on any atom is -0.496 e. The molecule has 23 heavy (non-hydrogen) atoms. The van der Waals surface area contributed by atoms with Crippen molar-refractivity contribution in [3.8, 4) is 5.75 Å². The molecule has 0 bridgehead atoms. The molecule has 1 fully saturated rings. The number of benzene rings is 1. The van der Waals surface area contributed by atoms with Crippen molar-refractivity contribution in [3.63, 3.8) is 0 Å². The molecule has 1 aromatic carbocycles. The fourth-order valence-electron chi connectivity index (χ4n) is 3.13. The highest BCUT2D eigenvalue weighted by Gasteiger charge is 2.22. The third-order valence-electron chi connectivity index (χ3n) is 4.49. The molecule has 1 atom stereocenters. The smallest absolute Gasteiger partial charge is 0.303 e. The number of aliphatic carboxylic acids is 1. The number of amides is 1. The molecule has 2 rings (SSSR count). The summed E-state index contributed by atoms with van der Waals surface area (Å²) >= 11 is 0. The van der Waals surface area contributed by atoms with Gasteiger partial charge < -0.3 is 14.7 Å². The lowest BCUT2D eigenvalue weighted by atomic mass is 9.97. The Morgan fingerprint density at radius 1 is 1.30 bits per heavy atom. The van der Waals surface area contributed by atoms with Gasteiger partial charge in [0.15, 0.2) is 0 Å². The average Bonchev–Trinajstić information content (AvgIpc) is 2.74. The van der Waals surface area contributed by atoms with Gasteiger partial charge in [-0.05, 0) is 49.3 Å². The number of methoxy groups -OCH3 is 1. The maximum absolute atomic E-state index is 12.5. The molecular weight excluding hydrogens is 294 g/mol. The zero-order chi connectivity index (χ0) is 16.8. The van der Waals surface area contributed by atoms with E-state index in [4.69, 9.17) is 9.84 Å². The second kappa shape index (κ2) is 7.99. The van der Waals surface area contributed by atoms with Crippen LogP contribution < -0.4 is 4.74 Å². The van der Waals surface area contributed by atoms with Crippen LogP contribution in [-0.4, -0.2) is 42.1 Å². The number of ether oxygens (including phenoxy) is 1. The van der Waals surface area contributed by atoms with Gasteiger partial charge in [-0.2, -0.15) is 0 Å². The summed E-state index contributed by atoms with van der Waals surface area (Å²) in [5.74, 6) is 0.339. The molecule has 1 aromatic rings. The van der Waals surface area contributed by atoms with Crippen molar-refractivity contribution >= 4 is 11.9 Å². The van der Waals surface area contributed by atoms with Crippen molar-refractivity contribution in [2.75, 3.05) is 20.2 Å². The maximum atomic E-state index is 12.5. The van der Waals surface area contributed by atoms with E-state index in [-0.39, 0.29) is 18.2 Å². The fourth-order valence-corrected chi connectivity index (χ4v) is 3.13. The molecule has 1 unspecified atom stereocenters. The highest BCUT2D eigenvalue weighted by Crippen LogP contribution is 2.22. The van der Waals surface area contributed by atoms with Crippen molar-refractivity contribution in [1.29, 1.82) is 0 Å². The van der Waals surface area contributed by atoms with Crippen molar-refractivity contribution in [2.24, 2.45) is 5.92 Å². The standard InChI is InChI=1S/C18H25NO4/c1-13-5-6-15(10-16(13)23-2)11-17(20)19-8-3-4-14(7-9-19)12-18(21)22/h5-6,10,14H,3-4,7-9,11-12H2,1-2H3,(H,21,22). The summed E-state index contributed by atoms with van der Waals surface area (Å²) in [5, 5.41) is 8.91. The number of nitrogens with zero attached hydrogens (tertiary/aromatic N) is 1. The quantitative estimate of drug-likeness (QED) is 0.906. The molecule has 1 saturated heterocycles. The summed E-state index contributed by atoms with van der Waals surface area (Å²) in [7, 11) is 1.63. The third kappa shape index (κ3) is 4.98. The average molecular weight is 319 g/mol. The molecule has 0 radical (unpaired) electrons. The highest BCUT2D eigenvalue weighted by molar-refractivity contribution is 5.79. The Morgan fingerprint density at radius 2 is 2.09 bits per heavy atom. The van der Waals surface area contributed by atoms with E-state index in [0.29, 0.717) is 13.0 Å². The van der Waals surface area contributed by atoms with Gasteiger partial charge in [0.1, 0.15) is 5.75 Å². The monoisotopic (exact) mass is 319 g/mol. The minimum atomic E-state index is -0.749. The first kappa shape index (κ1) is 17.3. The van der Waals surface area contributed by atoms with Gasteiger partial charge >= 0.3 is 5.97 Å². The number of carboxylic acid groups (broad SMARTS) is 1. The van der Waals surface area contributed by atoms with Crippen LogP contribution >= 0.6 is 0 Å². The van der Waals surface area contributed by atoms with Crippen LogP contribution in [0.1, 0.15) is 36.8 Å².